The van der Waals surface area contributed by atoms with E-state index >= 15 is 0 Å². The fraction of sp³-hybridized carbons (Fsp3) is 0.526. The van der Waals surface area contributed by atoms with E-state index in [1.54, 1.807) is 7.11 Å². The first-order valence-corrected chi connectivity index (χ1v) is 8.80. The van der Waals surface area contributed by atoms with Crippen molar-refractivity contribution in [2.24, 2.45) is 0 Å². The van der Waals surface area contributed by atoms with E-state index in [1.807, 2.05) is 18.3 Å². The highest BCUT2D eigenvalue weighted by molar-refractivity contribution is 5.28. The molecular formula is C19H27N3O2. The van der Waals surface area contributed by atoms with Crippen LogP contribution >= 0.6 is 0 Å². The number of fused-ring (bicyclic) bond motifs is 1. The maximum absolute atomic E-state index is 5.60. The Bertz CT molecular complexity index is 637. The molecule has 1 aromatic heterocycles. The van der Waals surface area contributed by atoms with Crippen LogP contribution in [0.1, 0.15) is 42.6 Å². The van der Waals surface area contributed by atoms with Gasteiger partial charge in [-0.15, -0.1) is 0 Å². The predicted octanol–water partition coefficient (Wildman–Crippen LogP) is 3.10. The molecule has 1 aliphatic carbocycles. The zero-order valence-electron chi connectivity index (χ0n) is 14.6. The molecule has 0 aliphatic heterocycles. The maximum Gasteiger partial charge on any atom is 0.119 e. The second-order valence-corrected chi connectivity index (χ2v) is 6.17. The van der Waals surface area contributed by atoms with Crippen LogP contribution in [-0.2, 0) is 24.2 Å². The van der Waals surface area contributed by atoms with Crippen molar-refractivity contribution < 1.29 is 9.47 Å². The first-order valence-electron chi connectivity index (χ1n) is 8.80. The van der Waals surface area contributed by atoms with Gasteiger partial charge in [0.25, 0.3) is 0 Å². The van der Waals surface area contributed by atoms with Gasteiger partial charge in [-0.3, -0.25) is 4.68 Å². The molecule has 0 fully saturated rings. The summed E-state index contributed by atoms with van der Waals surface area (Å²) >= 11 is 0. The van der Waals surface area contributed by atoms with Crippen LogP contribution < -0.4 is 10.1 Å². The molecule has 3 rings (SSSR count). The number of hydrogen-bond acceptors (Lipinski definition) is 4. The highest BCUT2D eigenvalue weighted by atomic mass is 16.5. The van der Waals surface area contributed by atoms with E-state index in [0.717, 1.165) is 25.3 Å². The summed E-state index contributed by atoms with van der Waals surface area (Å²) in [7, 11) is 1.68. The van der Waals surface area contributed by atoms with Crippen LogP contribution in [0, 0.1) is 0 Å². The summed E-state index contributed by atoms with van der Waals surface area (Å²) in [5.41, 5.74) is 4.05. The monoisotopic (exact) mass is 329 g/mol. The molecule has 2 aromatic rings. The van der Waals surface area contributed by atoms with Gasteiger partial charge >= 0.3 is 0 Å². The van der Waals surface area contributed by atoms with E-state index < -0.39 is 0 Å². The van der Waals surface area contributed by atoms with Gasteiger partial charge in [-0.2, -0.15) is 5.10 Å². The minimum absolute atomic E-state index is 0.409. The van der Waals surface area contributed by atoms with Gasteiger partial charge in [-0.05, 0) is 43.9 Å². The van der Waals surface area contributed by atoms with Crippen molar-refractivity contribution in [1.29, 1.82) is 0 Å². The average Bonchev–Trinajstić information content (AvgIpc) is 3.05. The quantitative estimate of drug-likeness (QED) is 0.756. The van der Waals surface area contributed by atoms with Crippen molar-refractivity contribution in [1.82, 2.24) is 15.1 Å². The number of aromatic nitrogens is 2. The van der Waals surface area contributed by atoms with Crippen LogP contribution in [0.4, 0.5) is 0 Å². The number of aryl methyl sites for hydroxylation is 1. The highest BCUT2D eigenvalue weighted by Crippen LogP contribution is 2.29. The Morgan fingerprint density at radius 2 is 2.08 bits per heavy atom. The third-order valence-corrected chi connectivity index (χ3v) is 4.59. The number of benzene rings is 1. The fourth-order valence-corrected chi connectivity index (χ4v) is 3.29. The molecule has 0 radical (unpaired) electrons. The molecule has 1 aromatic carbocycles. The lowest BCUT2D eigenvalue weighted by Gasteiger charge is -2.24. The SMILES string of the molecule is CCn1ncc2c1CCCC2NCc1ccc(OCCOC)cc1. The van der Waals surface area contributed by atoms with Crippen LogP contribution in [0.2, 0.25) is 0 Å². The number of ether oxygens (including phenoxy) is 2. The van der Waals surface area contributed by atoms with Crippen molar-refractivity contribution in [3.05, 3.63) is 47.3 Å². The Kier molecular flexibility index (Phi) is 5.88. The van der Waals surface area contributed by atoms with E-state index in [1.165, 1.54) is 29.7 Å². The zero-order valence-corrected chi connectivity index (χ0v) is 14.6. The summed E-state index contributed by atoms with van der Waals surface area (Å²) in [6.07, 6.45) is 5.60. The third-order valence-electron chi connectivity index (χ3n) is 4.59. The van der Waals surface area contributed by atoms with Gasteiger partial charge in [0, 0.05) is 37.5 Å². The van der Waals surface area contributed by atoms with Gasteiger partial charge in [0.15, 0.2) is 0 Å². The van der Waals surface area contributed by atoms with Crippen LogP contribution in [0.25, 0.3) is 0 Å². The molecule has 0 bridgehead atoms. The average molecular weight is 329 g/mol. The topological polar surface area (TPSA) is 48.3 Å². The van der Waals surface area contributed by atoms with E-state index in [-0.39, 0.29) is 0 Å². The predicted molar refractivity (Wildman–Crippen MR) is 94.2 cm³/mol. The molecule has 1 N–H and O–H groups in total. The van der Waals surface area contributed by atoms with Crippen molar-refractivity contribution >= 4 is 0 Å². The zero-order chi connectivity index (χ0) is 16.8. The molecular weight excluding hydrogens is 302 g/mol. The maximum atomic E-state index is 5.60. The highest BCUT2D eigenvalue weighted by Gasteiger charge is 2.23. The summed E-state index contributed by atoms with van der Waals surface area (Å²) in [4.78, 5) is 0. The van der Waals surface area contributed by atoms with E-state index in [0.29, 0.717) is 19.3 Å². The van der Waals surface area contributed by atoms with Gasteiger partial charge in [0.05, 0.1) is 12.8 Å². The number of nitrogens with one attached hydrogen (secondary N) is 1. The summed E-state index contributed by atoms with van der Waals surface area (Å²) in [5, 5.41) is 8.21. The first kappa shape index (κ1) is 17.0. The van der Waals surface area contributed by atoms with Gasteiger partial charge in [0.2, 0.25) is 0 Å². The molecule has 24 heavy (non-hydrogen) atoms. The summed E-state index contributed by atoms with van der Waals surface area (Å²) < 4.78 is 12.7. The minimum Gasteiger partial charge on any atom is -0.491 e. The Hall–Kier alpha value is -1.85. The van der Waals surface area contributed by atoms with Gasteiger partial charge in [-0.25, -0.2) is 0 Å². The largest absolute Gasteiger partial charge is 0.491 e. The molecule has 1 unspecified atom stereocenters. The normalized spacial score (nSPS) is 16.8. The Morgan fingerprint density at radius 3 is 2.83 bits per heavy atom. The molecule has 130 valence electrons. The van der Waals surface area contributed by atoms with Crippen molar-refractivity contribution in [2.75, 3.05) is 20.3 Å². The summed E-state index contributed by atoms with van der Waals surface area (Å²) in [5.74, 6) is 0.889. The smallest absolute Gasteiger partial charge is 0.119 e. The number of methoxy groups -OCH3 is 1. The first-order chi connectivity index (χ1) is 11.8. The second kappa shape index (κ2) is 8.31. The Labute approximate surface area is 144 Å². The molecule has 1 heterocycles. The van der Waals surface area contributed by atoms with Gasteiger partial charge in [-0.1, -0.05) is 12.1 Å². The molecule has 0 spiro atoms. The van der Waals surface area contributed by atoms with Crippen molar-refractivity contribution in [3.63, 3.8) is 0 Å². The van der Waals surface area contributed by atoms with Crippen molar-refractivity contribution in [2.45, 2.75) is 45.3 Å². The molecule has 0 saturated heterocycles. The van der Waals surface area contributed by atoms with Crippen LogP contribution in [0.5, 0.6) is 5.75 Å². The molecule has 1 aliphatic rings. The number of rotatable bonds is 8. The van der Waals surface area contributed by atoms with E-state index in [2.05, 4.69) is 34.2 Å². The molecule has 0 amide bonds. The number of nitrogens with zero attached hydrogens (tertiary/aromatic N) is 2. The minimum atomic E-state index is 0.409. The molecule has 0 saturated carbocycles. The second-order valence-electron chi connectivity index (χ2n) is 6.17. The van der Waals surface area contributed by atoms with Gasteiger partial charge in [0.1, 0.15) is 12.4 Å². The third kappa shape index (κ3) is 3.97. The standard InChI is InChI=1S/C19H27N3O2/c1-3-22-19-6-4-5-18(17(19)14-21-22)20-13-15-7-9-16(10-8-15)24-12-11-23-2/h7-10,14,18,20H,3-6,11-13H2,1-2H3. The van der Waals surface area contributed by atoms with Crippen LogP contribution in [0.3, 0.4) is 0 Å². The number of hydrogen-bond donors (Lipinski definition) is 1. The molecule has 5 nitrogen and oxygen atoms in total. The fourth-order valence-electron chi connectivity index (χ4n) is 3.29. The molecule has 5 heteroatoms. The van der Waals surface area contributed by atoms with Crippen LogP contribution in [-0.4, -0.2) is 30.1 Å². The van der Waals surface area contributed by atoms with E-state index in [9.17, 15) is 0 Å². The Morgan fingerprint density at radius 1 is 1.25 bits per heavy atom. The lowest BCUT2D eigenvalue weighted by atomic mass is 9.93. The van der Waals surface area contributed by atoms with Crippen LogP contribution in [0.15, 0.2) is 30.5 Å². The lowest BCUT2D eigenvalue weighted by molar-refractivity contribution is 0.146. The summed E-state index contributed by atoms with van der Waals surface area (Å²) in [6, 6.07) is 8.69. The molecule has 1 atom stereocenters. The lowest BCUT2D eigenvalue weighted by Crippen LogP contribution is -2.25. The Balaban J connectivity index is 1.56. The van der Waals surface area contributed by atoms with E-state index in [4.69, 9.17) is 9.47 Å². The van der Waals surface area contributed by atoms with Gasteiger partial charge < -0.3 is 14.8 Å². The summed E-state index contributed by atoms with van der Waals surface area (Å²) in [6.45, 7) is 5.16. The van der Waals surface area contributed by atoms with Crippen molar-refractivity contribution in [3.8, 4) is 5.75 Å².